The van der Waals surface area contributed by atoms with E-state index >= 15 is 0 Å². The lowest BCUT2D eigenvalue weighted by molar-refractivity contribution is -0.121. The summed E-state index contributed by atoms with van der Waals surface area (Å²) in [6.45, 7) is 1.99. The van der Waals surface area contributed by atoms with Crippen LogP contribution in [-0.4, -0.2) is 24.1 Å². The number of benzene rings is 1. The number of rotatable bonds is 7. The molecule has 1 rings (SSSR count). The van der Waals surface area contributed by atoms with Gasteiger partial charge in [-0.2, -0.15) is 0 Å². The van der Waals surface area contributed by atoms with Gasteiger partial charge in [0.2, 0.25) is 0 Å². The molecule has 0 radical (unpaired) electrons. The van der Waals surface area contributed by atoms with Crippen LogP contribution in [0.1, 0.15) is 37.8 Å². The van der Waals surface area contributed by atoms with Gasteiger partial charge >= 0.3 is 6.09 Å². The Morgan fingerprint density at radius 1 is 1.32 bits per heavy atom. The van der Waals surface area contributed by atoms with Crippen molar-refractivity contribution in [2.75, 3.05) is 7.11 Å². The number of carboxylic acid groups (broad SMARTS) is 1. The standard InChI is InChI=1S/C14H19NO4/c1-3-4-5-12(16)13(15-14(17)18)10-6-8-11(19-2)9-7-10/h6-9,13,15H,3-5H2,1-2H3,(H,17,18). The highest BCUT2D eigenvalue weighted by atomic mass is 16.5. The van der Waals surface area contributed by atoms with Crippen LogP contribution in [0, 0.1) is 0 Å². The average Bonchev–Trinajstić information content (AvgIpc) is 2.42. The molecule has 0 heterocycles. The lowest BCUT2D eigenvalue weighted by Crippen LogP contribution is -2.32. The lowest BCUT2D eigenvalue weighted by atomic mass is 9.99. The SMILES string of the molecule is CCCCC(=O)C(NC(=O)O)c1ccc(OC)cc1. The Bertz CT molecular complexity index is 428. The molecule has 1 aromatic rings. The molecule has 2 N–H and O–H groups in total. The fourth-order valence-corrected chi connectivity index (χ4v) is 1.76. The zero-order valence-electron chi connectivity index (χ0n) is 11.2. The zero-order valence-corrected chi connectivity index (χ0v) is 11.2. The van der Waals surface area contributed by atoms with Gasteiger partial charge < -0.3 is 15.2 Å². The number of hydrogen-bond donors (Lipinski definition) is 2. The van der Waals surface area contributed by atoms with Crippen LogP contribution >= 0.6 is 0 Å². The Hall–Kier alpha value is -2.04. The third kappa shape index (κ3) is 4.62. The number of amides is 1. The summed E-state index contributed by atoms with van der Waals surface area (Å²) in [7, 11) is 1.55. The van der Waals surface area contributed by atoms with Gasteiger partial charge in [-0.15, -0.1) is 0 Å². The highest BCUT2D eigenvalue weighted by Crippen LogP contribution is 2.20. The molecule has 104 valence electrons. The Balaban J connectivity index is 2.88. The topological polar surface area (TPSA) is 75.6 Å². The molecule has 1 atom stereocenters. The summed E-state index contributed by atoms with van der Waals surface area (Å²) < 4.78 is 5.03. The largest absolute Gasteiger partial charge is 0.497 e. The van der Waals surface area contributed by atoms with Crippen LogP contribution in [0.15, 0.2) is 24.3 Å². The molecular formula is C14H19NO4. The maximum Gasteiger partial charge on any atom is 0.405 e. The van der Waals surface area contributed by atoms with Gasteiger partial charge in [0.15, 0.2) is 5.78 Å². The maximum absolute atomic E-state index is 12.0. The number of ketones is 1. The summed E-state index contributed by atoms with van der Waals surface area (Å²) in [5.74, 6) is 0.549. The van der Waals surface area contributed by atoms with Crippen molar-refractivity contribution >= 4 is 11.9 Å². The monoisotopic (exact) mass is 265 g/mol. The Labute approximate surface area is 112 Å². The molecule has 0 bridgehead atoms. The smallest absolute Gasteiger partial charge is 0.405 e. The molecule has 1 unspecified atom stereocenters. The highest BCUT2D eigenvalue weighted by molar-refractivity contribution is 5.88. The number of carbonyl (C=O) groups is 2. The molecule has 5 heteroatoms. The molecule has 5 nitrogen and oxygen atoms in total. The van der Waals surface area contributed by atoms with Crippen molar-refractivity contribution in [3.05, 3.63) is 29.8 Å². The van der Waals surface area contributed by atoms with E-state index in [1.165, 1.54) is 0 Å². The maximum atomic E-state index is 12.0. The number of methoxy groups -OCH3 is 1. The van der Waals surface area contributed by atoms with Crippen LogP contribution in [0.3, 0.4) is 0 Å². The summed E-state index contributed by atoms with van der Waals surface area (Å²) in [6.07, 6.45) is 0.819. The summed E-state index contributed by atoms with van der Waals surface area (Å²) in [5.41, 5.74) is 0.629. The normalized spacial score (nSPS) is 11.7. The third-order valence-corrected chi connectivity index (χ3v) is 2.82. The van der Waals surface area contributed by atoms with Crippen molar-refractivity contribution in [2.45, 2.75) is 32.2 Å². The average molecular weight is 265 g/mol. The molecule has 0 spiro atoms. The Kier molecular flexibility index (Phi) is 5.85. The molecule has 0 saturated carbocycles. The van der Waals surface area contributed by atoms with Gasteiger partial charge in [0.1, 0.15) is 11.8 Å². The van der Waals surface area contributed by atoms with E-state index in [2.05, 4.69) is 5.32 Å². The molecule has 0 aliphatic carbocycles. The molecular weight excluding hydrogens is 246 g/mol. The molecule has 0 aromatic heterocycles. The van der Waals surface area contributed by atoms with E-state index in [9.17, 15) is 9.59 Å². The lowest BCUT2D eigenvalue weighted by Gasteiger charge is -2.16. The first-order valence-corrected chi connectivity index (χ1v) is 6.24. The fraction of sp³-hybridized carbons (Fsp3) is 0.429. The number of carbonyl (C=O) groups excluding carboxylic acids is 1. The molecule has 1 amide bonds. The van der Waals surface area contributed by atoms with Crippen molar-refractivity contribution in [2.24, 2.45) is 0 Å². The second-order valence-corrected chi connectivity index (χ2v) is 4.23. The van der Waals surface area contributed by atoms with Crippen molar-refractivity contribution < 1.29 is 19.4 Å². The summed E-state index contributed by atoms with van der Waals surface area (Å²) in [4.78, 5) is 22.8. The molecule has 0 aliphatic rings. The van der Waals surface area contributed by atoms with E-state index in [1.54, 1.807) is 31.4 Å². The second kappa shape index (κ2) is 7.41. The minimum absolute atomic E-state index is 0.116. The van der Waals surface area contributed by atoms with Crippen LogP contribution < -0.4 is 10.1 Å². The second-order valence-electron chi connectivity index (χ2n) is 4.23. The highest BCUT2D eigenvalue weighted by Gasteiger charge is 2.21. The van der Waals surface area contributed by atoms with Gasteiger partial charge in [0.05, 0.1) is 7.11 Å². The van der Waals surface area contributed by atoms with Crippen molar-refractivity contribution in [3.63, 3.8) is 0 Å². The van der Waals surface area contributed by atoms with Crippen LogP contribution in [0.4, 0.5) is 4.79 Å². The number of nitrogens with one attached hydrogen (secondary N) is 1. The predicted octanol–water partition coefficient (Wildman–Crippen LogP) is 2.76. The van der Waals surface area contributed by atoms with Crippen LogP contribution in [0.5, 0.6) is 5.75 Å². The van der Waals surface area contributed by atoms with Crippen LogP contribution in [-0.2, 0) is 4.79 Å². The first kappa shape index (κ1) is 15.0. The fourth-order valence-electron chi connectivity index (χ4n) is 1.76. The van der Waals surface area contributed by atoms with E-state index in [0.717, 1.165) is 12.8 Å². The molecule has 1 aromatic carbocycles. The number of unbranched alkanes of at least 4 members (excludes halogenated alkanes) is 1. The van der Waals surface area contributed by atoms with Gasteiger partial charge in [0.25, 0.3) is 0 Å². The van der Waals surface area contributed by atoms with Crippen molar-refractivity contribution in [1.82, 2.24) is 5.32 Å². The first-order valence-electron chi connectivity index (χ1n) is 6.24. The van der Waals surface area contributed by atoms with E-state index in [-0.39, 0.29) is 5.78 Å². The Morgan fingerprint density at radius 3 is 2.42 bits per heavy atom. The van der Waals surface area contributed by atoms with E-state index in [0.29, 0.717) is 17.7 Å². The minimum Gasteiger partial charge on any atom is -0.497 e. The third-order valence-electron chi connectivity index (χ3n) is 2.82. The van der Waals surface area contributed by atoms with Gasteiger partial charge in [-0.1, -0.05) is 25.5 Å². The Morgan fingerprint density at radius 2 is 1.95 bits per heavy atom. The predicted molar refractivity (Wildman–Crippen MR) is 71.4 cm³/mol. The van der Waals surface area contributed by atoms with Gasteiger partial charge in [-0.05, 0) is 24.1 Å². The summed E-state index contributed by atoms with van der Waals surface area (Å²) in [6, 6.07) is 6.00. The number of Topliss-reactive ketones (excluding diaryl/α,β-unsaturated/α-hetero) is 1. The zero-order chi connectivity index (χ0) is 14.3. The summed E-state index contributed by atoms with van der Waals surface area (Å²) in [5, 5.41) is 11.1. The summed E-state index contributed by atoms with van der Waals surface area (Å²) >= 11 is 0. The molecule has 0 saturated heterocycles. The minimum atomic E-state index is -1.20. The van der Waals surface area contributed by atoms with Crippen molar-refractivity contribution in [3.8, 4) is 5.75 Å². The quantitative estimate of drug-likeness (QED) is 0.794. The van der Waals surface area contributed by atoms with Gasteiger partial charge in [0, 0.05) is 6.42 Å². The molecule has 19 heavy (non-hydrogen) atoms. The number of hydrogen-bond acceptors (Lipinski definition) is 3. The first-order chi connectivity index (χ1) is 9.08. The van der Waals surface area contributed by atoms with Crippen LogP contribution in [0.25, 0.3) is 0 Å². The van der Waals surface area contributed by atoms with Crippen molar-refractivity contribution in [1.29, 1.82) is 0 Å². The molecule has 0 fully saturated rings. The van der Waals surface area contributed by atoms with Crippen LogP contribution in [0.2, 0.25) is 0 Å². The number of ether oxygens (including phenoxy) is 1. The van der Waals surface area contributed by atoms with E-state index in [1.807, 2.05) is 6.92 Å². The van der Waals surface area contributed by atoms with Gasteiger partial charge in [-0.3, -0.25) is 4.79 Å². The van der Waals surface area contributed by atoms with E-state index in [4.69, 9.17) is 9.84 Å². The van der Waals surface area contributed by atoms with E-state index < -0.39 is 12.1 Å². The molecule has 0 aliphatic heterocycles. The van der Waals surface area contributed by atoms with Gasteiger partial charge in [-0.25, -0.2) is 4.79 Å².